The molecule has 8 heteroatoms. The molecule has 2 fully saturated rings. The van der Waals surface area contributed by atoms with E-state index >= 15 is 0 Å². The van der Waals surface area contributed by atoms with Gasteiger partial charge in [0.15, 0.2) is 0 Å². The molecule has 3 rings (SSSR count). The Hall–Kier alpha value is -1.25. The van der Waals surface area contributed by atoms with E-state index in [1.807, 2.05) is 4.90 Å². The smallest absolute Gasteiger partial charge is 0.310 e. The van der Waals surface area contributed by atoms with Gasteiger partial charge in [0.25, 0.3) is 5.91 Å². The van der Waals surface area contributed by atoms with Gasteiger partial charge < -0.3 is 4.74 Å². The van der Waals surface area contributed by atoms with E-state index < -0.39 is 6.04 Å². The lowest BCUT2D eigenvalue weighted by Gasteiger charge is -2.34. The summed E-state index contributed by atoms with van der Waals surface area (Å²) in [5, 5.41) is 0. The van der Waals surface area contributed by atoms with Gasteiger partial charge in [-0.25, -0.2) is 4.90 Å². The number of hydrogen-bond acceptors (Lipinski definition) is 5. The van der Waals surface area contributed by atoms with E-state index in [1.165, 1.54) is 4.90 Å². The number of piperidine rings is 1. The molecule has 0 N–H and O–H groups in total. The van der Waals surface area contributed by atoms with Gasteiger partial charge in [0.2, 0.25) is 5.91 Å². The summed E-state index contributed by atoms with van der Waals surface area (Å²) in [7, 11) is 0. The molecule has 0 aliphatic carbocycles. The summed E-state index contributed by atoms with van der Waals surface area (Å²) < 4.78 is 6.66. The summed E-state index contributed by atoms with van der Waals surface area (Å²) in [6.45, 7) is 3.29. The van der Waals surface area contributed by atoms with Crippen LogP contribution in [0.5, 0.6) is 0 Å². The second-order valence-electron chi connectivity index (χ2n) is 6.47. The average molecular weight is 488 g/mol. The monoisotopic (exact) mass is 486 g/mol. The van der Waals surface area contributed by atoms with Crippen molar-refractivity contribution in [3.05, 3.63) is 27.1 Å². The molecule has 0 bridgehead atoms. The number of halogens is 2. The SMILES string of the molecule is CCOC(=O)[C@@H]1CCCN([C@@H]2CC(=O)N(c3ccc(Br)cc3Br)C2=O)C1. The van der Waals surface area contributed by atoms with Crippen molar-refractivity contribution >= 4 is 55.3 Å². The zero-order valence-corrected chi connectivity index (χ0v) is 17.6. The molecule has 26 heavy (non-hydrogen) atoms. The van der Waals surface area contributed by atoms with E-state index in [0.717, 1.165) is 17.3 Å². The number of ether oxygens (including phenoxy) is 1. The normalized spacial score (nSPS) is 24.2. The number of carbonyl (C=O) groups excluding carboxylic acids is 3. The van der Waals surface area contributed by atoms with Crippen molar-refractivity contribution in [2.24, 2.45) is 5.92 Å². The highest BCUT2D eigenvalue weighted by Gasteiger charge is 2.45. The fourth-order valence-electron chi connectivity index (χ4n) is 3.56. The standard InChI is InChI=1S/C18H20Br2N2O4/c1-2-26-18(25)11-4-3-7-21(10-11)15-9-16(23)22(17(15)24)14-6-5-12(19)8-13(14)20/h5-6,8,11,15H,2-4,7,9-10H2,1H3/t11-,15-/m1/s1. The molecule has 0 spiro atoms. The number of likely N-dealkylation sites (tertiary alicyclic amines) is 1. The Morgan fingerprint density at radius 1 is 1.31 bits per heavy atom. The lowest BCUT2D eigenvalue weighted by Crippen LogP contribution is -2.48. The number of rotatable bonds is 4. The van der Waals surface area contributed by atoms with Gasteiger partial charge in [-0.05, 0) is 60.4 Å². The molecule has 2 heterocycles. The maximum Gasteiger partial charge on any atom is 0.310 e. The van der Waals surface area contributed by atoms with Crippen LogP contribution in [0.3, 0.4) is 0 Å². The van der Waals surface area contributed by atoms with Crippen molar-refractivity contribution < 1.29 is 19.1 Å². The lowest BCUT2D eigenvalue weighted by atomic mass is 9.96. The number of amides is 2. The zero-order chi connectivity index (χ0) is 18.8. The van der Waals surface area contributed by atoms with Gasteiger partial charge in [-0.2, -0.15) is 0 Å². The van der Waals surface area contributed by atoms with E-state index in [2.05, 4.69) is 31.9 Å². The topological polar surface area (TPSA) is 66.9 Å². The molecule has 1 aromatic carbocycles. The number of hydrogen-bond donors (Lipinski definition) is 0. The van der Waals surface area contributed by atoms with E-state index in [0.29, 0.717) is 29.9 Å². The van der Waals surface area contributed by atoms with Gasteiger partial charge >= 0.3 is 5.97 Å². The third-order valence-electron chi connectivity index (χ3n) is 4.79. The Balaban J connectivity index is 1.77. The number of carbonyl (C=O) groups is 3. The number of imide groups is 1. The van der Waals surface area contributed by atoms with Crippen molar-refractivity contribution in [3.8, 4) is 0 Å². The Labute approximate surface area is 169 Å². The summed E-state index contributed by atoms with van der Waals surface area (Å²) in [6.07, 6.45) is 1.70. The van der Waals surface area contributed by atoms with Crippen LogP contribution in [-0.4, -0.2) is 48.4 Å². The molecule has 1 aromatic rings. The molecule has 6 nitrogen and oxygen atoms in total. The zero-order valence-electron chi connectivity index (χ0n) is 14.4. The summed E-state index contributed by atoms with van der Waals surface area (Å²) in [6, 6.07) is 4.83. The molecule has 0 aromatic heterocycles. The quantitative estimate of drug-likeness (QED) is 0.482. The van der Waals surface area contributed by atoms with Gasteiger partial charge in [0.05, 0.1) is 30.7 Å². The van der Waals surface area contributed by atoms with Crippen molar-refractivity contribution in [3.63, 3.8) is 0 Å². The van der Waals surface area contributed by atoms with Crippen LogP contribution in [-0.2, 0) is 19.1 Å². The van der Waals surface area contributed by atoms with Crippen LogP contribution in [0.2, 0.25) is 0 Å². The third-order valence-corrected chi connectivity index (χ3v) is 5.92. The number of anilines is 1. The van der Waals surface area contributed by atoms with E-state index in [9.17, 15) is 14.4 Å². The minimum atomic E-state index is -0.518. The predicted molar refractivity (Wildman–Crippen MR) is 104 cm³/mol. The van der Waals surface area contributed by atoms with Crippen LogP contribution < -0.4 is 4.90 Å². The second-order valence-corrected chi connectivity index (χ2v) is 8.24. The summed E-state index contributed by atoms with van der Waals surface area (Å²) in [5.41, 5.74) is 0.546. The van der Waals surface area contributed by atoms with Gasteiger partial charge in [-0.3, -0.25) is 19.3 Å². The molecule has 0 unspecified atom stereocenters. The molecule has 2 aliphatic heterocycles. The molecule has 2 aliphatic rings. The Morgan fingerprint density at radius 2 is 2.08 bits per heavy atom. The van der Waals surface area contributed by atoms with Crippen LogP contribution in [0, 0.1) is 5.92 Å². The Kier molecular flexibility index (Phi) is 6.14. The van der Waals surface area contributed by atoms with Gasteiger partial charge in [0, 0.05) is 15.5 Å². The molecule has 140 valence electrons. The van der Waals surface area contributed by atoms with E-state index in [1.54, 1.807) is 25.1 Å². The fourth-order valence-corrected chi connectivity index (χ4v) is 4.78. The van der Waals surface area contributed by atoms with E-state index in [-0.39, 0.29) is 30.1 Å². The minimum Gasteiger partial charge on any atom is -0.466 e. The molecule has 2 amide bonds. The number of nitrogens with zero attached hydrogens (tertiary/aromatic N) is 2. The van der Waals surface area contributed by atoms with Crippen molar-refractivity contribution in [2.45, 2.75) is 32.2 Å². The first kappa shape index (κ1) is 19.5. The van der Waals surface area contributed by atoms with Crippen LogP contribution in [0.4, 0.5) is 5.69 Å². The second kappa shape index (κ2) is 8.19. The Bertz CT molecular complexity index is 740. The van der Waals surface area contributed by atoms with Crippen molar-refractivity contribution in [1.29, 1.82) is 0 Å². The molecule has 2 saturated heterocycles. The Morgan fingerprint density at radius 3 is 2.77 bits per heavy atom. The molecular formula is C18H20Br2N2O4. The van der Waals surface area contributed by atoms with Crippen LogP contribution >= 0.6 is 31.9 Å². The number of esters is 1. The molecule has 0 saturated carbocycles. The third kappa shape index (κ3) is 3.87. The maximum absolute atomic E-state index is 13.0. The molecule has 0 radical (unpaired) electrons. The van der Waals surface area contributed by atoms with Crippen LogP contribution in [0.15, 0.2) is 27.1 Å². The first-order chi connectivity index (χ1) is 12.4. The summed E-state index contributed by atoms with van der Waals surface area (Å²) in [5.74, 6) is -0.912. The minimum absolute atomic E-state index is 0.136. The summed E-state index contributed by atoms with van der Waals surface area (Å²) in [4.78, 5) is 40.8. The predicted octanol–water partition coefficient (Wildman–Crippen LogP) is 3.12. The van der Waals surface area contributed by atoms with E-state index in [4.69, 9.17) is 4.74 Å². The highest BCUT2D eigenvalue weighted by Crippen LogP contribution is 2.34. The first-order valence-corrected chi connectivity index (χ1v) is 10.2. The highest BCUT2D eigenvalue weighted by atomic mass is 79.9. The fraction of sp³-hybridized carbons (Fsp3) is 0.500. The highest BCUT2D eigenvalue weighted by molar-refractivity contribution is 9.11. The van der Waals surface area contributed by atoms with Crippen molar-refractivity contribution in [2.75, 3.05) is 24.6 Å². The molecule has 2 atom stereocenters. The lowest BCUT2D eigenvalue weighted by molar-refractivity contribution is -0.150. The van der Waals surface area contributed by atoms with Gasteiger partial charge in [0.1, 0.15) is 0 Å². The average Bonchev–Trinajstić information content (AvgIpc) is 2.90. The largest absolute Gasteiger partial charge is 0.466 e. The van der Waals surface area contributed by atoms with Crippen molar-refractivity contribution in [1.82, 2.24) is 4.90 Å². The molecular weight excluding hydrogens is 468 g/mol. The first-order valence-electron chi connectivity index (χ1n) is 8.65. The van der Waals surface area contributed by atoms with Crippen LogP contribution in [0.25, 0.3) is 0 Å². The number of benzene rings is 1. The maximum atomic E-state index is 13.0. The van der Waals surface area contributed by atoms with Crippen LogP contribution in [0.1, 0.15) is 26.2 Å². The van der Waals surface area contributed by atoms with Gasteiger partial charge in [-0.15, -0.1) is 0 Å². The summed E-state index contributed by atoms with van der Waals surface area (Å²) >= 11 is 6.79. The van der Waals surface area contributed by atoms with Gasteiger partial charge in [-0.1, -0.05) is 15.9 Å².